The van der Waals surface area contributed by atoms with Crippen LogP contribution in [0.3, 0.4) is 0 Å². The van der Waals surface area contributed by atoms with Crippen LogP contribution in [0.25, 0.3) is 0 Å². The number of hydrogen-bond acceptors (Lipinski definition) is 4. The number of halogens is 1. The standard InChI is InChI=1S/C9H16FNO3/c1-13-9(12)8(10)6-14-5-7-3-2-4-11-7/h7-8,11H,2-6H2,1H3. The summed E-state index contributed by atoms with van der Waals surface area (Å²) in [5, 5.41) is 3.21. The molecule has 0 aromatic carbocycles. The van der Waals surface area contributed by atoms with E-state index in [1.807, 2.05) is 0 Å². The molecule has 14 heavy (non-hydrogen) atoms. The molecule has 2 unspecified atom stereocenters. The predicted molar refractivity (Wildman–Crippen MR) is 48.8 cm³/mol. The molecule has 82 valence electrons. The third-order valence-electron chi connectivity index (χ3n) is 2.20. The number of carbonyl (C=O) groups excluding carboxylic acids is 1. The summed E-state index contributed by atoms with van der Waals surface area (Å²) in [6.45, 7) is 1.23. The predicted octanol–water partition coefficient (Wildman–Crippen LogP) is 0.266. The Hall–Kier alpha value is -0.680. The largest absolute Gasteiger partial charge is 0.467 e. The molecule has 0 saturated carbocycles. The van der Waals surface area contributed by atoms with Crippen LogP contribution < -0.4 is 5.32 Å². The summed E-state index contributed by atoms with van der Waals surface area (Å²) >= 11 is 0. The molecule has 0 bridgehead atoms. The van der Waals surface area contributed by atoms with Crippen molar-refractivity contribution in [2.45, 2.75) is 25.1 Å². The second-order valence-corrected chi connectivity index (χ2v) is 3.32. The molecule has 1 fully saturated rings. The van der Waals surface area contributed by atoms with Gasteiger partial charge in [0.2, 0.25) is 6.17 Å². The van der Waals surface area contributed by atoms with Crippen molar-refractivity contribution in [2.75, 3.05) is 26.9 Å². The zero-order valence-corrected chi connectivity index (χ0v) is 8.29. The smallest absolute Gasteiger partial charge is 0.342 e. The molecule has 0 aromatic rings. The molecule has 0 aliphatic carbocycles. The first kappa shape index (κ1) is 11.4. The molecular weight excluding hydrogens is 189 g/mol. The normalized spacial score (nSPS) is 23.4. The molecule has 5 heteroatoms. The Bertz CT molecular complexity index is 183. The molecule has 1 rings (SSSR count). The van der Waals surface area contributed by atoms with Crippen LogP contribution in [0.4, 0.5) is 4.39 Å². The first-order chi connectivity index (χ1) is 6.74. The van der Waals surface area contributed by atoms with Crippen LogP contribution in [-0.2, 0) is 14.3 Å². The Balaban J connectivity index is 2.05. The third kappa shape index (κ3) is 3.59. The lowest BCUT2D eigenvalue weighted by Crippen LogP contribution is -2.30. The second-order valence-electron chi connectivity index (χ2n) is 3.32. The Morgan fingerprint density at radius 2 is 2.50 bits per heavy atom. The van der Waals surface area contributed by atoms with Crippen molar-refractivity contribution in [2.24, 2.45) is 0 Å². The first-order valence-electron chi connectivity index (χ1n) is 4.77. The van der Waals surface area contributed by atoms with Gasteiger partial charge in [0.25, 0.3) is 0 Å². The average molecular weight is 205 g/mol. The number of esters is 1. The lowest BCUT2D eigenvalue weighted by Gasteiger charge is -2.11. The third-order valence-corrected chi connectivity index (χ3v) is 2.20. The summed E-state index contributed by atoms with van der Waals surface area (Å²) in [6.07, 6.45) is 0.514. The van der Waals surface area contributed by atoms with E-state index in [2.05, 4.69) is 10.1 Å². The highest BCUT2D eigenvalue weighted by Crippen LogP contribution is 2.05. The number of alkyl halides is 1. The van der Waals surface area contributed by atoms with Crippen LogP contribution in [0.1, 0.15) is 12.8 Å². The fraction of sp³-hybridized carbons (Fsp3) is 0.889. The maximum Gasteiger partial charge on any atom is 0.342 e. The van der Waals surface area contributed by atoms with E-state index >= 15 is 0 Å². The van der Waals surface area contributed by atoms with Crippen LogP contribution in [0, 0.1) is 0 Å². The highest BCUT2D eigenvalue weighted by molar-refractivity contribution is 5.74. The van der Waals surface area contributed by atoms with Crippen LogP contribution in [-0.4, -0.2) is 45.1 Å². The number of rotatable bonds is 5. The molecule has 0 amide bonds. The van der Waals surface area contributed by atoms with E-state index in [4.69, 9.17) is 4.74 Å². The zero-order chi connectivity index (χ0) is 10.4. The SMILES string of the molecule is COC(=O)C(F)COCC1CCCN1. The Morgan fingerprint density at radius 1 is 1.71 bits per heavy atom. The number of ether oxygens (including phenoxy) is 2. The van der Waals surface area contributed by atoms with Crippen molar-refractivity contribution in [3.05, 3.63) is 0 Å². The van der Waals surface area contributed by atoms with E-state index < -0.39 is 12.1 Å². The molecule has 0 spiro atoms. The van der Waals surface area contributed by atoms with Gasteiger partial charge in [-0.2, -0.15) is 0 Å². The minimum Gasteiger partial charge on any atom is -0.467 e. The fourth-order valence-corrected chi connectivity index (χ4v) is 1.41. The summed E-state index contributed by atoms with van der Waals surface area (Å²) in [6, 6.07) is 0.305. The van der Waals surface area contributed by atoms with Crippen LogP contribution in [0.5, 0.6) is 0 Å². The molecule has 2 atom stereocenters. The van der Waals surface area contributed by atoms with Gasteiger partial charge in [-0.25, -0.2) is 9.18 Å². The van der Waals surface area contributed by atoms with E-state index in [-0.39, 0.29) is 6.61 Å². The van der Waals surface area contributed by atoms with E-state index in [0.717, 1.165) is 26.5 Å². The van der Waals surface area contributed by atoms with Gasteiger partial charge in [-0.3, -0.25) is 0 Å². The number of carbonyl (C=O) groups is 1. The molecule has 1 aliphatic rings. The molecule has 1 heterocycles. The first-order valence-corrected chi connectivity index (χ1v) is 4.77. The number of nitrogens with one attached hydrogen (secondary N) is 1. The van der Waals surface area contributed by atoms with Crippen LogP contribution >= 0.6 is 0 Å². The maximum atomic E-state index is 12.9. The van der Waals surface area contributed by atoms with E-state index in [1.165, 1.54) is 0 Å². The molecule has 0 radical (unpaired) electrons. The maximum absolute atomic E-state index is 12.9. The zero-order valence-electron chi connectivity index (χ0n) is 8.29. The minimum atomic E-state index is -1.67. The molecular formula is C9H16FNO3. The van der Waals surface area contributed by atoms with Gasteiger partial charge in [0.15, 0.2) is 0 Å². The van der Waals surface area contributed by atoms with Gasteiger partial charge in [-0.1, -0.05) is 0 Å². The highest BCUT2D eigenvalue weighted by Gasteiger charge is 2.19. The molecule has 1 saturated heterocycles. The summed E-state index contributed by atoms with van der Waals surface area (Å²) in [4.78, 5) is 10.6. The second kappa shape index (κ2) is 5.93. The summed E-state index contributed by atoms with van der Waals surface area (Å²) < 4.78 is 22.1. The van der Waals surface area contributed by atoms with Crippen LogP contribution in [0.15, 0.2) is 0 Å². The van der Waals surface area contributed by atoms with Crippen molar-refractivity contribution in [1.29, 1.82) is 0 Å². The van der Waals surface area contributed by atoms with Gasteiger partial charge in [-0.15, -0.1) is 0 Å². The van der Waals surface area contributed by atoms with Crippen molar-refractivity contribution in [1.82, 2.24) is 5.32 Å². The van der Waals surface area contributed by atoms with E-state index in [9.17, 15) is 9.18 Å². The van der Waals surface area contributed by atoms with Gasteiger partial charge >= 0.3 is 5.97 Å². The summed E-state index contributed by atoms with van der Waals surface area (Å²) in [7, 11) is 1.16. The van der Waals surface area contributed by atoms with Crippen molar-refractivity contribution < 1.29 is 18.7 Å². The quantitative estimate of drug-likeness (QED) is 0.654. The van der Waals surface area contributed by atoms with Crippen molar-refractivity contribution in [3.8, 4) is 0 Å². The van der Waals surface area contributed by atoms with Gasteiger partial charge in [0.1, 0.15) is 0 Å². The number of hydrogen-bond donors (Lipinski definition) is 1. The minimum absolute atomic E-state index is 0.217. The van der Waals surface area contributed by atoms with Crippen molar-refractivity contribution in [3.63, 3.8) is 0 Å². The van der Waals surface area contributed by atoms with Gasteiger partial charge in [-0.05, 0) is 19.4 Å². The summed E-state index contributed by atoms with van der Waals surface area (Å²) in [5.41, 5.74) is 0. The Kier molecular flexibility index (Phi) is 4.82. The Labute approximate surface area is 82.8 Å². The van der Waals surface area contributed by atoms with E-state index in [1.54, 1.807) is 0 Å². The average Bonchev–Trinajstić information content (AvgIpc) is 2.69. The van der Waals surface area contributed by atoms with E-state index in [0.29, 0.717) is 12.6 Å². The summed E-state index contributed by atoms with van der Waals surface area (Å²) in [5.74, 6) is -0.871. The van der Waals surface area contributed by atoms with Crippen molar-refractivity contribution >= 4 is 5.97 Å². The van der Waals surface area contributed by atoms with Gasteiger partial charge in [0, 0.05) is 6.04 Å². The van der Waals surface area contributed by atoms with Gasteiger partial charge < -0.3 is 14.8 Å². The topological polar surface area (TPSA) is 47.6 Å². The van der Waals surface area contributed by atoms with Crippen LogP contribution in [0.2, 0.25) is 0 Å². The lowest BCUT2D eigenvalue weighted by atomic mass is 10.2. The molecule has 1 aliphatic heterocycles. The highest BCUT2D eigenvalue weighted by atomic mass is 19.1. The fourth-order valence-electron chi connectivity index (χ4n) is 1.41. The molecule has 1 N–H and O–H groups in total. The monoisotopic (exact) mass is 205 g/mol. The molecule has 0 aromatic heterocycles. The number of methoxy groups -OCH3 is 1. The molecule has 4 nitrogen and oxygen atoms in total. The Morgan fingerprint density at radius 3 is 3.07 bits per heavy atom. The lowest BCUT2D eigenvalue weighted by molar-refractivity contribution is -0.148. The van der Waals surface area contributed by atoms with Gasteiger partial charge in [0.05, 0.1) is 20.3 Å².